The molecule has 6 nitrogen and oxygen atoms in total. The van der Waals surface area contributed by atoms with Gasteiger partial charge in [0.2, 0.25) is 11.8 Å². The number of nitrogens with zero attached hydrogens (tertiary/aromatic N) is 3. The van der Waals surface area contributed by atoms with E-state index in [2.05, 4.69) is 10.4 Å². The van der Waals surface area contributed by atoms with Crippen molar-refractivity contribution in [2.24, 2.45) is 13.0 Å². The Bertz CT molecular complexity index is 775. The molecule has 1 saturated heterocycles. The lowest BCUT2D eigenvalue weighted by atomic mass is 10.1. The number of hydrogen-bond acceptors (Lipinski definition) is 3. The van der Waals surface area contributed by atoms with Gasteiger partial charge in [-0.15, -0.1) is 0 Å². The van der Waals surface area contributed by atoms with E-state index in [4.69, 9.17) is 0 Å². The first-order chi connectivity index (χ1) is 10.9. The number of amides is 2. The van der Waals surface area contributed by atoms with Crippen LogP contribution in [0.3, 0.4) is 0 Å². The molecule has 0 radical (unpaired) electrons. The highest BCUT2D eigenvalue weighted by Crippen LogP contribution is 2.25. The molecular weight excluding hydrogens is 306 g/mol. The number of hydrogen-bond donors (Lipinski definition) is 1. The number of benzene rings is 1. The lowest BCUT2D eigenvalue weighted by Gasteiger charge is -2.14. The molecule has 0 unspecified atom stereocenters. The van der Waals surface area contributed by atoms with Crippen LogP contribution in [0.25, 0.3) is 0 Å². The van der Waals surface area contributed by atoms with Crippen molar-refractivity contribution in [1.29, 1.82) is 0 Å². The second-order valence-electron chi connectivity index (χ2n) is 5.40. The Morgan fingerprint density at radius 1 is 1.35 bits per heavy atom. The van der Waals surface area contributed by atoms with Crippen LogP contribution in [0.4, 0.5) is 20.2 Å². The first-order valence-electron chi connectivity index (χ1n) is 6.99. The van der Waals surface area contributed by atoms with Gasteiger partial charge in [-0.2, -0.15) is 5.10 Å². The zero-order valence-corrected chi connectivity index (χ0v) is 12.3. The highest BCUT2D eigenvalue weighted by molar-refractivity contribution is 6.03. The van der Waals surface area contributed by atoms with E-state index in [1.165, 1.54) is 11.0 Å². The maximum atomic E-state index is 13.2. The first kappa shape index (κ1) is 15.1. The molecule has 1 atom stereocenters. The summed E-state index contributed by atoms with van der Waals surface area (Å²) in [5, 5.41) is 6.50. The number of anilines is 2. The fourth-order valence-corrected chi connectivity index (χ4v) is 2.50. The van der Waals surface area contributed by atoms with Gasteiger partial charge in [0.05, 0.1) is 17.8 Å². The van der Waals surface area contributed by atoms with Crippen molar-refractivity contribution in [2.45, 2.75) is 6.42 Å². The summed E-state index contributed by atoms with van der Waals surface area (Å²) >= 11 is 0. The quantitative estimate of drug-likeness (QED) is 0.936. The zero-order chi connectivity index (χ0) is 16.6. The molecule has 23 heavy (non-hydrogen) atoms. The Hall–Kier alpha value is -2.77. The minimum atomic E-state index is -1.04. The van der Waals surface area contributed by atoms with Crippen LogP contribution in [-0.4, -0.2) is 28.1 Å². The van der Waals surface area contributed by atoms with Gasteiger partial charge in [-0.1, -0.05) is 0 Å². The summed E-state index contributed by atoms with van der Waals surface area (Å²) in [5.74, 6) is -3.17. The minimum Gasteiger partial charge on any atom is -0.326 e. The van der Waals surface area contributed by atoms with Gasteiger partial charge < -0.3 is 10.2 Å². The van der Waals surface area contributed by atoms with E-state index in [0.717, 1.165) is 12.1 Å². The van der Waals surface area contributed by atoms with Gasteiger partial charge in [0, 0.05) is 38.0 Å². The van der Waals surface area contributed by atoms with Crippen LogP contribution in [-0.2, 0) is 16.6 Å². The highest BCUT2D eigenvalue weighted by Gasteiger charge is 2.35. The molecule has 1 aromatic heterocycles. The molecule has 1 N–H and O–H groups in total. The van der Waals surface area contributed by atoms with Crippen molar-refractivity contribution in [3.63, 3.8) is 0 Å². The van der Waals surface area contributed by atoms with Crippen LogP contribution in [0.1, 0.15) is 6.42 Å². The topological polar surface area (TPSA) is 67.2 Å². The molecule has 0 aliphatic carbocycles. The van der Waals surface area contributed by atoms with Gasteiger partial charge in [0.15, 0.2) is 11.6 Å². The summed E-state index contributed by atoms with van der Waals surface area (Å²) in [6.07, 6.45) is 3.30. The molecule has 0 bridgehead atoms. The number of aromatic nitrogens is 2. The van der Waals surface area contributed by atoms with Gasteiger partial charge in [-0.3, -0.25) is 14.3 Å². The zero-order valence-electron chi connectivity index (χ0n) is 12.3. The Morgan fingerprint density at radius 2 is 2.13 bits per heavy atom. The van der Waals surface area contributed by atoms with Crippen molar-refractivity contribution in [3.8, 4) is 0 Å². The number of halogens is 2. The van der Waals surface area contributed by atoms with Crippen LogP contribution < -0.4 is 10.2 Å². The van der Waals surface area contributed by atoms with Gasteiger partial charge in [-0.05, 0) is 12.1 Å². The average Bonchev–Trinajstić information content (AvgIpc) is 3.09. The van der Waals surface area contributed by atoms with E-state index < -0.39 is 23.5 Å². The van der Waals surface area contributed by atoms with Gasteiger partial charge in [0.25, 0.3) is 0 Å². The maximum absolute atomic E-state index is 13.2. The van der Waals surface area contributed by atoms with Crippen LogP contribution in [0, 0.1) is 17.6 Å². The van der Waals surface area contributed by atoms with Crippen LogP contribution in [0.15, 0.2) is 30.6 Å². The number of aryl methyl sites for hydroxylation is 1. The Kier molecular flexibility index (Phi) is 3.81. The van der Waals surface area contributed by atoms with Crippen molar-refractivity contribution in [2.75, 3.05) is 16.8 Å². The van der Waals surface area contributed by atoms with Gasteiger partial charge in [-0.25, -0.2) is 8.78 Å². The largest absolute Gasteiger partial charge is 0.326 e. The monoisotopic (exact) mass is 320 g/mol. The molecular formula is C15H14F2N4O2. The van der Waals surface area contributed by atoms with Crippen molar-refractivity contribution in [1.82, 2.24) is 9.78 Å². The molecule has 0 spiro atoms. The van der Waals surface area contributed by atoms with Crippen LogP contribution in [0.2, 0.25) is 0 Å². The molecule has 3 rings (SSSR count). The summed E-state index contributed by atoms with van der Waals surface area (Å²) in [6.45, 7) is 0.222. The predicted octanol–water partition coefficient (Wildman–Crippen LogP) is 1.69. The molecule has 1 fully saturated rings. The third-order valence-electron chi connectivity index (χ3n) is 3.69. The third-order valence-corrected chi connectivity index (χ3v) is 3.69. The Balaban J connectivity index is 1.69. The standard InChI is InChI=1S/C15H14F2N4O2/c1-20-8-11(6-18-20)21-7-9(4-14(21)22)15(23)19-10-2-3-12(16)13(17)5-10/h2-3,5-6,8-9H,4,7H2,1H3,(H,19,23)/t9-/m0/s1. The number of rotatable bonds is 3. The Labute approximate surface area is 130 Å². The molecule has 1 aliphatic rings. The minimum absolute atomic E-state index is 0.0599. The molecule has 1 aliphatic heterocycles. The molecule has 2 aromatic rings. The van der Waals surface area contributed by atoms with Crippen molar-refractivity contribution >= 4 is 23.2 Å². The number of carbonyl (C=O) groups excluding carboxylic acids is 2. The molecule has 0 saturated carbocycles. The lowest BCUT2D eigenvalue weighted by Crippen LogP contribution is -2.27. The van der Waals surface area contributed by atoms with E-state index in [9.17, 15) is 18.4 Å². The SMILES string of the molecule is Cn1cc(N2C[C@@H](C(=O)Nc3ccc(F)c(F)c3)CC2=O)cn1. The fourth-order valence-electron chi connectivity index (χ4n) is 2.50. The smallest absolute Gasteiger partial charge is 0.229 e. The molecule has 2 heterocycles. The van der Waals surface area contributed by atoms with Crippen LogP contribution >= 0.6 is 0 Å². The maximum Gasteiger partial charge on any atom is 0.229 e. The van der Waals surface area contributed by atoms with E-state index in [0.29, 0.717) is 5.69 Å². The fraction of sp³-hybridized carbons (Fsp3) is 0.267. The first-order valence-corrected chi connectivity index (χ1v) is 6.99. The number of nitrogens with one attached hydrogen (secondary N) is 1. The molecule has 2 amide bonds. The molecule has 120 valence electrons. The average molecular weight is 320 g/mol. The third kappa shape index (κ3) is 3.05. The summed E-state index contributed by atoms with van der Waals surface area (Å²) in [4.78, 5) is 25.7. The predicted molar refractivity (Wildman–Crippen MR) is 78.7 cm³/mol. The summed E-state index contributed by atoms with van der Waals surface area (Å²) < 4.78 is 27.6. The normalized spacial score (nSPS) is 17.6. The second kappa shape index (κ2) is 5.79. The van der Waals surface area contributed by atoms with E-state index >= 15 is 0 Å². The van der Waals surface area contributed by atoms with E-state index in [-0.39, 0.29) is 24.6 Å². The number of carbonyl (C=O) groups is 2. The Morgan fingerprint density at radius 3 is 2.78 bits per heavy atom. The van der Waals surface area contributed by atoms with Crippen LogP contribution in [0.5, 0.6) is 0 Å². The van der Waals surface area contributed by atoms with Crippen molar-refractivity contribution < 1.29 is 18.4 Å². The summed E-state index contributed by atoms with van der Waals surface area (Å²) in [5.41, 5.74) is 0.779. The van der Waals surface area contributed by atoms with E-state index in [1.54, 1.807) is 24.1 Å². The summed E-state index contributed by atoms with van der Waals surface area (Å²) in [6, 6.07) is 3.11. The second-order valence-corrected chi connectivity index (χ2v) is 5.40. The lowest BCUT2D eigenvalue weighted by molar-refractivity contribution is -0.122. The summed E-state index contributed by atoms with van der Waals surface area (Å²) in [7, 11) is 1.73. The van der Waals surface area contributed by atoms with Gasteiger partial charge >= 0.3 is 0 Å². The molecule has 1 aromatic carbocycles. The highest BCUT2D eigenvalue weighted by atomic mass is 19.2. The molecule has 8 heteroatoms. The van der Waals surface area contributed by atoms with Gasteiger partial charge in [0.1, 0.15) is 0 Å². The van der Waals surface area contributed by atoms with E-state index in [1.807, 2.05) is 0 Å². The van der Waals surface area contributed by atoms with Crippen molar-refractivity contribution in [3.05, 3.63) is 42.2 Å².